The molecule has 0 aliphatic rings. The third-order valence-electron chi connectivity index (χ3n) is 3.39. The molecule has 0 fully saturated rings. The maximum Gasteiger partial charge on any atom is 0.203 e. The molecule has 0 saturated carbocycles. The van der Waals surface area contributed by atoms with E-state index in [1.165, 1.54) is 0 Å². The van der Waals surface area contributed by atoms with E-state index in [1.54, 1.807) is 18.2 Å². The van der Waals surface area contributed by atoms with E-state index in [0.717, 1.165) is 17.5 Å². The second-order valence-electron chi connectivity index (χ2n) is 5.29. The van der Waals surface area contributed by atoms with Crippen molar-refractivity contribution in [2.24, 2.45) is 0 Å². The van der Waals surface area contributed by atoms with Crippen molar-refractivity contribution in [2.75, 3.05) is 0 Å². The van der Waals surface area contributed by atoms with E-state index in [-0.39, 0.29) is 12.4 Å². The topological polar surface area (TPSA) is 50.2 Å². The molecule has 0 saturated heterocycles. The molecule has 0 aliphatic carbocycles. The first kappa shape index (κ1) is 16.2. The minimum absolute atomic E-state index is 0.235. The summed E-state index contributed by atoms with van der Waals surface area (Å²) in [5.41, 5.74) is 2.24. The Morgan fingerprint density at radius 2 is 2.00 bits per heavy atom. The van der Waals surface area contributed by atoms with E-state index in [2.05, 4.69) is 13.8 Å². The minimum atomic E-state index is -0.354. The summed E-state index contributed by atoms with van der Waals surface area (Å²) in [4.78, 5) is 11.8. The molecule has 22 heavy (non-hydrogen) atoms. The average Bonchev–Trinajstić information content (AvgIpc) is 2.52. The monoisotopic (exact) mass is 315 g/mol. The van der Waals surface area contributed by atoms with Crippen molar-refractivity contribution in [1.29, 1.82) is 5.41 Å². The zero-order valence-corrected chi connectivity index (χ0v) is 13.4. The summed E-state index contributed by atoms with van der Waals surface area (Å²) in [5.74, 6) is 0.788. The summed E-state index contributed by atoms with van der Waals surface area (Å²) in [6.07, 6.45) is 0.800. The van der Waals surface area contributed by atoms with Gasteiger partial charge in [0.2, 0.25) is 5.78 Å². The molecule has 0 amide bonds. The molecule has 2 aromatic carbocycles. The van der Waals surface area contributed by atoms with E-state index in [9.17, 15) is 4.79 Å². The van der Waals surface area contributed by atoms with E-state index < -0.39 is 0 Å². The molecular weight excluding hydrogens is 298 g/mol. The van der Waals surface area contributed by atoms with Crippen LogP contribution in [0.5, 0.6) is 5.75 Å². The van der Waals surface area contributed by atoms with Crippen LogP contribution < -0.4 is 4.74 Å². The highest BCUT2D eigenvalue weighted by Crippen LogP contribution is 2.27. The zero-order chi connectivity index (χ0) is 16.1. The number of ether oxygens (including phenoxy) is 1. The number of benzene rings is 2. The first-order chi connectivity index (χ1) is 10.5. The number of rotatable bonds is 6. The third-order valence-corrected chi connectivity index (χ3v) is 3.62. The minimum Gasteiger partial charge on any atom is -0.489 e. The fraction of sp³-hybridized carbons (Fsp3) is 0.222. The fourth-order valence-electron chi connectivity index (χ4n) is 2.24. The Morgan fingerprint density at radius 3 is 2.68 bits per heavy atom. The SMILES string of the molecule is CC(C)c1ccccc1OCc1cc(Cl)ccc1C(=O)C=N. The van der Waals surface area contributed by atoms with Gasteiger partial charge in [0.1, 0.15) is 12.4 Å². The maximum atomic E-state index is 11.8. The summed E-state index contributed by atoms with van der Waals surface area (Å²) in [6, 6.07) is 12.8. The van der Waals surface area contributed by atoms with Gasteiger partial charge in [0.05, 0.1) is 6.21 Å². The van der Waals surface area contributed by atoms with Crippen molar-refractivity contribution in [3.8, 4) is 5.75 Å². The Morgan fingerprint density at radius 1 is 1.27 bits per heavy atom. The lowest BCUT2D eigenvalue weighted by atomic mass is 10.0. The summed E-state index contributed by atoms with van der Waals surface area (Å²) in [5, 5.41) is 7.67. The Hall–Kier alpha value is -2.13. The lowest BCUT2D eigenvalue weighted by molar-refractivity contribution is 0.106. The van der Waals surface area contributed by atoms with Crippen molar-refractivity contribution >= 4 is 23.6 Å². The lowest BCUT2D eigenvalue weighted by Crippen LogP contribution is -2.08. The van der Waals surface area contributed by atoms with Crippen LogP contribution in [-0.4, -0.2) is 12.0 Å². The van der Waals surface area contributed by atoms with Crippen molar-refractivity contribution in [3.05, 3.63) is 64.2 Å². The van der Waals surface area contributed by atoms with Gasteiger partial charge in [-0.25, -0.2) is 0 Å². The fourth-order valence-corrected chi connectivity index (χ4v) is 2.44. The zero-order valence-electron chi connectivity index (χ0n) is 12.6. The Balaban J connectivity index is 2.27. The average molecular weight is 316 g/mol. The van der Waals surface area contributed by atoms with Gasteiger partial charge in [-0.15, -0.1) is 0 Å². The predicted octanol–water partition coefficient (Wildman–Crippen LogP) is 4.87. The first-order valence-corrected chi connectivity index (χ1v) is 7.45. The molecule has 0 atom stereocenters. The van der Waals surface area contributed by atoms with Crippen molar-refractivity contribution in [2.45, 2.75) is 26.4 Å². The van der Waals surface area contributed by atoms with Gasteiger partial charge < -0.3 is 10.1 Å². The maximum absolute atomic E-state index is 11.8. The van der Waals surface area contributed by atoms with Gasteiger partial charge in [-0.2, -0.15) is 0 Å². The second kappa shape index (κ2) is 7.23. The van der Waals surface area contributed by atoms with Crippen LogP contribution >= 0.6 is 11.6 Å². The van der Waals surface area contributed by atoms with Gasteiger partial charge in [-0.1, -0.05) is 43.6 Å². The van der Waals surface area contributed by atoms with Crippen LogP contribution in [-0.2, 0) is 6.61 Å². The number of carbonyl (C=O) groups excluding carboxylic acids is 1. The Bertz CT molecular complexity index is 695. The molecule has 1 N–H and O–H groups in total. The van der Waals surface area contributed by atoms with Crippen molar-refractivity contribution < 1.29 is 9.53 Å². The van der Waals surface area contributed by atoms with Gasteiger partial charge in [-0.05, 0) is 35.7 Å². The molecule has 3 nitrogen and oxygen atoms in total. The molecule has 0 aliphatic heterocycles. The molecule has 0 bridgehead atoms. The van der Waals surface area contributed by atoms with Crippen LogP contribution in [0.2, 0.25) is 5.02 Å². The number of carbonyl (C=O) groups is 1. The highest BCUT2D eigenvalue weighted by atomic mass is 35.5. The molecule has 0 radical (unpaired) electrons. The normalized spacial score (nSPS) is 10.5. The number of Topliss-reactive ketones (excluding diaryl/α,β-unsaturated/α-hetero) is 1. The predicted molar refractivity (Wildman–Crippen MR) is 89.4 cm³/mol. The van der Waals surface area contributed by atoms with Crippen LogP contribution in [0, 0.1) is 5.41 Å². The molecular formula is C18H18ClNO2. The van der Waals surface area contributed by atoms with E-state index in [4.69, 9.17) is 21.7 Å². The Kier molecular flexibility index (Phi) is 5.34. The largest absolute Gasteiger partial charge is 0.489 e. The summed E-state index contributed by atoms with van der Waals surface area (Å²) >= 11 is 6.00. The molecule has 4 heteroatoms. The number of ketones is 1. The number of nitrogens with one attached hydrogen (secondary N) is 1. The van der Waals surface area contributed by atoms with Crippen molar-refractivity contribution in [1.82, 2.24) is 0 Å². The van der Waals surface area contributed by atoms with E-state index in [1.807, 2.05) is 24.3 Å². The number of hydrogen-bond donors (Lipinski definition) is 1. The summed E-state index contributed by atoms with van der Waals surface area (Å²) in [7, 11) is 0. The molecule has 0 unspecified atom stereocenters. The molecule has 114 valence electrons. The summed E-state index contributed by atoms with van der Waals surface area (Å²) < 4.78 is 5.89. The lowest BCUT2D eigenvalue weighted by Gasteiger charge is -2.15. The van der Waals surface area contributed by atoms with Crippen LogP contribution in [0.4, 0.5) is 0 Å². The first-order valence-electron chi connectivity index (χ1n) is 7.08. The van der Waals surface area contributed by atoms with Crippen LogP contribution in [0.1, 0.15) is 41.3 Å². The van der Waals surface area contributed by atoms with Gasteiger partial charge >= 0.3 is 0 Å². The third kappa shape index (κ3) is 3.74. The standard InChI is InChI=1S/C18H18ClNO2/c1-12(2)15-5-3-4-6-18(15)22-11-13-9-14(19)7-8-16(13)17(21)10-20/h3-10,12,20H,11H2,1-2H3. The van der Waals surface area contributed by atoms with Crippen LogP contribution in [0.15, 0.2) is 42.5 Å². The van der Waals surface area contributed by atoms with Gasteiger partial charge in [0.15, 0.2) is 0 Å². The van der Waals surface area contributed by atoms with Gasteiger partial charge in [0.25, 0.3) is 0 Å². The van der Waals surface area contributed by atoms with Gasteiger partial charge in [0, 0.05) is 16.1 Å². The molecule has 0 heterocycles. The van der Waals surface area contributed by atoms with Crippen LogP contribution in [0.25, 0.3) is 0 Å². The second-order valence-corrected chi connectivity index (χ2v) is 5.73. The quantitative estimate of drug-likeness (QED) is 0.610. The Labute approximate surface area is 135 Å². The molecule has 2 rings (SSSR count). The van der Waals surface area contributed by atoms with E-state index in [0.29, 0.717) is 22.1 Å². The number of para-hydroxylation sites is 1. The molecule has 0 aromatic heterocycles. The number of halogens is 1. The highest BCUT2D eigenvalue weighted by Gasteiger charge is 2.12. The van der Waals surface area contributed by atoms with Crippen molar-refractivity contribution in [3.63, 3.8) is 0 Å². The van der Waals surface area contributed by atoms with Crippen LogP contribution in [0.3, 0.4) is 0 Å². The summed E-state index contributed by atoms with van der Waals surface area (Å²) in [6.45, 7) is 4.44. The highest BCUT2D eigenvalue weighted by molar-refractivity contribution is 6.35. The smallest absolute Gasteiger partial charge is 0.203 e. The number of hydrogen-bond acceptors (Lipinski definition) is 3. The van der Waals surface area contributed by atoms with Gasteiger partial charge in [-0.3, -0.25) is 4.79 Å². The van der Waals surface area contributed by atoms with E-state index >= 15 is 0 Å². The molecule has 0 spiro atoms. The molecule has 2 aromatic rings.